The molecular weight excluding hydrogens is 293 g/mol. The number of hydrogen-bond acceptors (Lipinski definition) is 2. The molecule has 0 aliphatic heterocycles. The number of amides is 1. The smallest absolute Gasteiger partial charge is 0.255 e. The minimum absolute atomic E-state index is 0.123. The number of benzene rings is 2. The predicted molar refractivity (Wildman–Crippen MR) is 79.8 cm³/mol. The topological polar surface area (TPSA) is 49.3 Å². The van der Waals surface area contributed by atoms with E-state index in [-0.39, 0.29) is 17.7 Å². The van der Waals surface area contributed by atoms with Gasteiger partial charge >= 0.3 is 0 Å². The van der Waals surface area contributed by atoms with Crippen LogP contribution in [0, 0.1) is 17.7 Å². The maximum atomic E-state index is 13.8. The Bertz CT molecular complexity index is 735. The molecule has 0 aliphatic rings. The number of anilines is 1. The van der Waals surface area contributed by atoms with Gasteiger partial charge in [-0.05, 0) is 30.3 Å². The zero-order valence-electron chi connectivity index (χ0n) is 10.9. The van der Waals surface area contributed by atoms with Crippen molar-refractivity contribution in [2.24, 2.45) is 0 Å². The average Bonchev–Trinajstić information content (AvgIpc) is 2.48. The van der Waals surface area contributed by atoms with Gasteiger partial charge in [0.2, 0.25) is 0 Å². The lowest BCUT2D eigenvalue weighted by molar-refractivity contribution is 0.102. The van der Waals surface area contributed by atoms with Gasteiger partial charge in [0.05, 0.1) is 16.3 Å². The predicted octanol–water partition coefficient (Wildman–Crippen LogP) is 3.08. The monoisotopic (exact) mass is 303 g/mol. The summed E-state index contributed by atoms with van der Waals surface area (Å²) in [5, 5.41) is 11.6. The van der Waals surface area contributed by atoms with Crippen molar-refractivity contribution < 1.29 is 14.3 Å². The molecule has 0 unspecified atom stereocenters. The van der Waals surface area contributed by atoms with E-state index in [2.05, 4.69) is 17.2 Å². The zero-order valence-corrected chi connectivity index (χ0v) is 11.6. The Morgan fingerprint density at radius 3 is 2.71 bits per heavy atom. The number of rotatable bonds is 2. The van der Waals surface area contributed by atoms with E-state index in [4.69, 9.17) is 16.7 Å². The summed E-state index contributed by atoms with van der Waals surface area (Å²) in [6.07, 6.45) is 0. The second-order valence-electron chi connectivity index (χ2n) is 4.09. The zero-order chi connectivity index (χ0) is 15.2. The Morgan fingerprint density at radius 1 is 1.29 bits per heavy atom. The van der Waals surface area contributed by atoms with Crippen molar-refractivity contribution >= 4 is 23.2 Å². The Labute approximate surface area is 126 Å². The van der Waals surface area contributed by atoms with Gasteiger partial charge in [0.15, 0.2) is 0 Å². The molecule has 2 aromatic rings. The SMILES string of the molecule is O=C(Nc1ccccc1Cl)c1ccc(C#CCO)c(F)c1. The maximum Gasteiger partial charge on any atom is 0.255 e. The van der Waals surface area contributed by atoms with Crippen LogP contribution in [0.2, 0.25) is 5.02 Å². The van der Waals surface area contributed by atoms with E-state index in [1.54, 1.807) is 24.3 Å². The van der Waals surface area contributed by atoms with Crippen molar-refractivity contribution in [2.45, 2.75) is 0 Å². The third-order valence-corrected chi connectivity index (χ3v) is 2.99. The number of halogens is 2. The highest BCUT2D eigenvalue weighted by Gasteiger charge is 2.10. The van der Waals surface area contributed by atoms with Crippen molar-refractivity contribution in [1.82, 2.24) is 0 Å². The summed E-state index contributed by atoms with van der Waals surface area (Å²) >= 11 is 5.94. The van der Waals surface area contributed by atoms with Crippen LogP contribution in [0.3, 0.4) is 0 Å². The normalized spacial score (nSPS) is 9.67. The summed E-state index contributed by atoms with van der Waals surface area (Å²) in [7, 11) is 0. The van der Waals surface area contributed by atoms with Gasteiger partial charge in [0, 0.05) is 5.56 Å². The number of carbonyl (C=O) groups excluding carboxylic acids is 1. The van der Waals surface area contributed by atoms with Gasteiger partial charge in [-0.15, -0.1) is 0 Å². The van der Waals surface area contributed by atoms with E-state index < -0.39 is 11.7 Å². The second kappa shape index (κ2) is 6.89. The fourth-order valence-electron chi connectivity index (χ4n) is 1.65. The average molecular weight is 304 g/mol. The Morgan fingerprint density at radius 2 is 2.05 bits per heavy atom. The van der Waals surface area contributed by atoms with Crippen LogP contribution in [0.1, 0.15) is 15.9 Å². The highest BCUT2D eigenvalue weighted by molar-refractivity contribution is 6.33. The van der Waals surface area contributed by atoms with E-state index in [9.17, 15) is 9.18 Å². The molecule has 0 heterocycles. The standard InChI is InChI=1S/C16H11ClFNO2/c17-13-5-1-2-6-15(13)19-16(21)12-8-7-11(4-3-9-20)14(18)10-12/h1-2,5-8,10,20H,9H2,(H,19,21). The van der Waals surface area contributed by atoms with E-state index >= 15 is 0 Å². The largest absolute Gasteiger partial charge is 0.384 e. The first-order chi connectivity index (χ1) is 10.1. The quantitative estimate of drug-likeness (QED) is 0.838. The molecule has 0 saturated carbocycles. The molecule has 0 spiro atoms. The number of nitrogens with one attached hydrogen (secondary N) is 1. The van der Waals surface area contributed by atoms with E-state index in [1.165, 1.54) is 12.1 Å². The molecule has 2 N–H and O–H groups in total. The molecule has 2 aromatic carbocycles. The van der Waals surface area contributed by atoms with Crippen molar-refractivity contribution in [3.05, 3.63) is 64.4 Å². The summed E-state index contributed by atoms with van der Waals surface area (Å²) < 4.78 is 13.8. The van der Waals surface area contributed by atoms with E-state index in [1.807, 2.05) is 0 Å². The molecule has 0 bridgehead atoms. The summed E-state index contributed by atoms with van der Waals surface area (Å²) in [4.78, 5) is 12.0. The van der Waals surface area contributed by atoms with Gasteiger partial charge in [-0.2, -0.15) is 0 Å². The van der Waals surface area contributed by atoms with Crippen molar-refractivity contribution in [3.8, 4) is 11.8 Å². The second-order valence-corrected chi connectivity index (χ2v) is 4.50. The molecule has 0 fully saturated rings. The van der Waals surface area contributed by atoms with Crippen molar-refractivity contribution in [3.63, 3.8) is 0 Å². The van der Waals surface area contributed by atoms with Gasteiger partial charge in [-0.3, -0.25) is 4.79 Å². The van der Waals surface area contributed by atoms with Gasteiger partial charge in [0.25, 0.3) is 5.91 Å². The minimum atomic E-state index is -0.622. The minimum Gasteiger partial charge on any atom is -0.384 e. The molecule has 106 valence electrons. The van der Waals surface area contributed by atoms with Crippen LogP contribution in [0.15, 0.2) is 42.5 Å². The number of aliphatic hydroxyl groups is 1. The fourth-order valence-corrected chi connectivity index (χ4v) is 1.83. The summed E-state index contributed by atoms with van der Waals surface area (Å²) in [6.45, 7) is -0.353. The number of carbonyl (C=O) groups is 1. The Kier molecular flexibility index (Phi) is 4.94. The van der Waals surface area contributed by atoms with Crippen LogP contribution in [0.4, 0.5) is 10.1 Å². The van der Waals surface area contributed by atoms with E-state index in [0.29, 0.717) is 10.7 Å². The Hall–Kier alpha value is -2.35. The van der Waals surface area contributed by atoms with Gasteiger partial charge in [0.1, 0.15) is 12.4 Å². The Balaban J connectivity index is 2.21. The van der Waals surface area contributed by atoms with Crippen molar-refractivity contribution in [1.29, 1.82) is 0 Å². The molecule has 0 radical (unpaired) electrons. The first-order valence-corrected chi connectivity index (χ1v) is 6.45. The molecule has 0 saturated heterocycles. The van der Waals surface area contributed by atoms with Crippen LogP contribution in [-0.4, -0.2) is 17.6 Å². The number of hydrogen-bond donors (Lipinski definition) is 2. The van der Waals surface area contributed by atoms with Crippen LogP contribution in [0.5, 0.6) is 0 Å². The third kappa shape index (κ3) is 3.82. The highest BCUT2D eigenvalue weighted by atomic mass is 35.5. The number of aliphatic hydroxyl groups excluding tert-OH is 1. The molecule has 5 heteroatoms. The van der Waals surface area contributed by atoms with E-state index in [0.717, 1.165) is 6.07 Å². The molecule has 1 amide bonds. The molecule has 0 aromatic heterocycles. The summed E-state index contributed by atoms with van der Waals surface area (Å²) in [6, 6.07) is 10.7. The van der Waals surface area contributed by atoms with Crippen LogP contribution < -0.4 is 5.32 Å². The lowest BCUT2D eigenvalue weighted by Gasteiger charge is -2.07. The first-order valence-electron chi connectivity index (χ1n) is 6.07. The lowest BCUT2D eigenvalue weighted by Crippen LogP contribution is -2.12. The molecule has 0 atom stereocenters. The van der Waals surface area contributed by atoms with Gasteiger partial charge in [-0.25, -0.2) is 4.39 Å². The summed E-state index contributed by atoms with van der Waals surface area (Å²) in [5.74, 6) is 3.72. The van der Waals surface area contributed by atoms with Crippen molar-refractivity contribution in [2.75, 3.05) is 11.9 Å². The molecule has 0 aliphatic carbocycles. The molecule has 21 heavy (non-hydrogen) atoms. The van der Waals surface area contributed by atoms with Gasteiger partial charge in [-0.1, -0.05) is 35.6 Å². The first kappa shape index (κ1) is 15.0. The third-order valence-electron chi connectivity index (χ3n) is 2.66. The summed E-state index contributed by atoms with van der Waals surface area (Å²) in [5.41, 5.74) is 0.731. The number of para-hydroxylation sites is 1. The fraction of sp³-hybridized carbons (Fsp3) is 0.0625. The molecular formula is C16H11ClFNO2. The molecule has 2 rings (SSSR count). The lowest BCUT2D eigenvalue weighted by atomic mass is 10.1. The highest BCUT2D eigenvalue weighted by Crippen LogP contribution is 2.21. The molecule has 3 nitrogen and oxygen atoms in total. The maximum absolute atomic E-state index is 13.8. The van der Waals surface area contributed by atoms with Crippen LogP contribution in [0.25, 0.3) is 0 Å². The van der Waals surface area contributed by atoms with Gasteiger partial charge < -0.3 is 10.4 Å². The van der Waals surface area contributed by atoms with Crippen LogP contribution >= 0.6 is 11.6 Å². The van der Waals surface area contributed by atoms with Crippen LogP contribution in [-0.2, 0) is 0 Å².